The summed E-state index contributed by atoms with van der Waals surface area (Å²) in [6, 6.07) is 40.3. The number of carbonyl (C=O) groups is 2. The number of carbonyl (C=O) groups excluding carboxylic acids is 2. The van der Waals surface area contributed by atoms with Gasteiger partial charge in [-0.15, -0.1) is 0 Å². The molecule has 0 saturated heterocycles. The summed E-state index contributed by atoms with van der Waals surface area (Å²) in [5.74, 6) is 1.88. The summed E-state index contributed by atoms with van der Waals surface area (Å²) in [4.78, 5) is 27.8. The summed E-state index contributed by atoms with van der Waals surface area (Å²) in [6.45, 7) is 2.06. The number of halogens is 1. The van der Waals surface area contributed by atoms with Crippen LogP contribution in [-0.4, -0.2) is 76.9 Å². The van der Waals surface area contributed by atoms with Gasteiger partial charge in [-0.2, -0.15) is 0 Å². The van der Waals surface area contributed by atoms with E-state index in [1.807, 2.05) is 78.7 Å². The molecule has 3 aliphatic rings. The molecule has 5 aromatic carbocycles. The van der Waals surface area contributed by atoms with Crippen molar-refractivity contribution in [2.45, 2.75) is 12.8 Å². The third kappa shape index (κ3) is 10.0. The van der Waals surface area contributed by atoms with Crippen molar-refractivity contribution in [2.75, 3.05) is 66.3 Å². The van der Waals surface area contributed by atoms with Crippen LogP contribution in [0, 0.1) is 6.92 Å². The fourth-order valence-corrected chi connectivity index (χ4v) is 7.30. The molecule has 0 saturated carbocycles. The molecule has 61 heavy (non-hydrogen) atoms. The van der Waals surface area contributed by atoms with Crippen molar-refractivity contribution in [2.24, 2.45) is 0 Å². The molecule has 0 bridgehead atoms. The Kier molecular flexibility index (Phi) is 16.1. The van der Waals surface area contributed by atoms with E-state index in [1.165, 1.54) is 14.2 Å². The Labute approximate surface area is 389 Å². The molecule has 3 radical (unpaired) electrons. The van der Waals surface area contributed by atoms with Gasteiger partial charge in [0.25, 0.3) is 0 Å². The third-order valence-electron chi connectivity index (χ3n) is 10.5. The number of anilines is 2. The van der Waals surface area contributed by atoms with Gasteiger partial charge in [0.2, 0.25) is 5.36 Å². The van der Waals surface area contributed by atoms with E-state index >= 15 is 0 Å². The predicted octanol–water partition coefficient (Wildman–Crippen LogP) is 2.96. The number of fused-ring (bicyclic) bond motifs is 4. The zero-order valence-corrected chi connectivity index (χ0v) is 39.1. The molecule has 0 amide bonds. The molecule has 307 valence electrons. The van der Waals surface area contributed by atoms with Crippen LogP contribution < -0.4 is 66.4 Å². The van der Waals surface area contributed by atoms with Crippen molar-refractivity contribution in [3.8, 4) is 33.9 Å². The van der Waals surface area contributed by atoms with Crippen LogP contribution in [0.1, 0.15) is 50.3 Å². The maximum Gasteiger partial charge on any atom is 1.00 e. The second kappa shape index (κ2) is 20.4. The maximum absolute atomic E-state index is 11.8. The van der Waals surface area contributed by atoms with E-state index in [0.29, 0.717) is 11.1 Å². The third-order valence-corrected chi connectivity index (χ3v) is 10.5. The fraction of sp³-hybridized carbons (Fsp3) is 0.204. The van der Waals surface area contributed by atoms with E-state index in [1.54, 1.807) is 12.1 Å². The van der Waals surface area contributed by atoms with E-state index in [-0.39, 0.29) is 69.7 Å². The van der Waals surface area contributed by atoms with Crippen molar-refractivity contribution >= 4 is 42.7 Å². The Morgan fingerprint density at radius 3 is 1.69 bits per heavy atom. The zero-order chi connectivity index (χ0) is 41.2. The van der Waals surface area contributed by atoms with Gasteiger partial charge in [0.05, 0.1) is 31.4 Å². The molecular weight excluding hydrogens is 796 g/mol. The summed E-state index contributed by atoms with van der Waals surface area (Å²) >= 11 is 0. The summed E-state index contributed by atoms with van der Waals surface area (Å²) in [6.07, 6.45) is 0. The number of methoxy groups -OCH3 is 2. The monoisotopic (exact) mass is 844 g/mol. The van der Waals surface area contributed by atoms with Crippen LogP contribution in [0.3, 0.4) is 0 Å². The van der Waals surface area contributed by atoms with E-state index in [4.69, 9.17) is 18.6 Å². The van der Waals surface area contributed by atoms with E-state index in [9.17, 15) is 9.59 Å². The van der Waals surface area contributed by atoms with Gasteiger partial charge in [0, 0.05) is 99.7 Å². The van der Waals surface area contributed by atoms with Gasteiger partial charge in [-0.3, -0.25) is 0 Å². The number of aryl methyl sites for hydroxylation is 1. The number of esters is 2. The number of nitrogens with zero attached hydrogens (tertiary/aromatic N) is 3. The van der Waals surface area contributed by atoms with Crippen molar-refractivity contribution < 1.29 is 71.6 Å². The molecule has 8 rings (SSSR count). The molecule has 5 aromatic rings. The SMILES string of the molecule is COC(=O)c1ccc(-c2c3ccc(=[N+](C)C)cc-3oc3cc(C)ccc23)cc1.COC(=O)c1ccc(C2c3ccc(N(C)C)cc3Oc3cc(N(C)C)ccc32)cc1.[B].[Cl-].[H-].[Na+]. The van der Waals surface area contributed by atoms with E-state index in [2.05, 4.69) is 94.1 Å². The number of rotatable bonds is 6. The largest absolute Gasteiger partial charge is 1.00 e. The van der Waals surface area contributed by atoms with Crippen molar-refractivity contribution in [1.82, 2.24) is 4.58 Å². The van der Waals surface area contributed by atoms with Crippen LogP contribution in [0.15, 0.2) is 126 Å². The van der Waals surface area contributed by atoms with E-state index < -0.39 is 0 Å². The minimum Gasteiger partial charge on any atom is -1.00 e. The van der Waals surface area contributed by atoms with Crippen LogP contribution in [0.25, 0.3) is 33.4 Å². The average molecular weight is 845 g/mol. The van der Waals surface area contributed by atoms with Gasteiger partial charge in [0.1, 0.15) is 36.9 Å². The first-order valence-electron chi connectivity index (χ1n) is 19.0. The second-order valence-corrected chi connectivity index (χ2v) is 15.0. The Morgan fingerprint density at radius 2 is 1.20 bits per heavy atom. The Morgan fingerprint density at radius 1 is 0.672 bits per heavy atom. The predicted molar refractivity (Wildman–Crippen MR) is 239 cm³/mol. The molecular formula is C49H49BClN3NaO6. The zero-order valence-electron chi connectivity index (χ0n) is 37.4. The summed E-state index contributed by atoms with van der Waals surface area (Å²) in [7, 11) is 14.9. The standard InChI is InChI=1S/C25H26N2O3.C24H22NO3.B.ClH.Na.H/c1-26(2)18-10-12-20-22(14-18)30-23-15-19(27(3)4)11-13-21(23)24(20)16-6-8-17(9-7-16)25(28)29-5;1-15-5-11-19-21(13-15)28-22-14-18(25(2)3)10-12-20(22)23(19)16-6-8-17(9-7-16)24(26)27-4;;;;/h6-15,24H,1-5H3;5-14H,1-4H3;;1H;;/q;+1;;;+1;-1/p-1. The van der Waals surface area contributed by atoms with Crippen molar-refractivity contribution in [1.29, 1.82) is 0 Å². The molecule has 2 aliphatic heterocycles. The first-order chi connectivity index (χ1) is 27.9. The minimum atomic E-state index is -0.337. The molecule has 0 unspecified atom stereocenters. The molecule has 12 heteroatoms. The normalized spacial score (nSPS) is 11.2. The van der Waals surface area contributed by atoms with Gasteiger partial charge in [-0.05, 0) is 72.1 Å². The van der Waals surface area contributed by atoms with Gasteiger partial charge in [-0.1, -0.05) is 48.5 Å². The van der Waals surface area contributed by atoms with Crippen LogP contribution in [0.4, 0.5) is 11.4 Å². The van der Waals surface area contributed by atoms with Crippen LogP contribution in [0.2, 0.25) is 0 Å². The minimum absolute atomic E-state index is 0. The molecule has 0 atom stereocenters. The molecule has 2 heterocycles. The fourth-order valence-electron chi connectivity index (χ4n) is 7.30. The molecule has 0 fully saturated rings. The van der Waals surface area contributed by atoms with Crippen molar-refractivity contribution in [3.05, 3.63) is 160 Å². The van der Waals surface area contributed by atoms with Gasteiger partial charge >= 0.3 is 41.5 Å². The smallest absolute Gasteiger partial charge is 1.00 e. The number of ether oxygens (including phenoxy) is 3. The quantitative estimate of drug-likeness (QED) is 0.110. The Balaban J connectivity index is 0.000000311. The first-order valence-corrected chi connectivity index (χ1v) is 19.0. The summed E-state index contributed by atoms with van der Waals surface area (Å²) in [5, 5.41) is 2.12. The first kappa shape index (κ1) is 48.2. The number of benzene rings is 6. The van der Waals surface area contributed by atoms with Gasteiger partial charge in [0.15, 0.2) is 0 Å². The van der Waals surface area contributed by atoms with Gasteiger partial charge in [-0.25, -0.2) is 14.2 Å². The molecule has 1 aliphatic carbocycles. The Bertz CT molecular complexity index is 2660. The molecule has 0 N–H and O–H groups in total. The number of hydrogen-bond acceptors (Lipinski definition) is 8. The summed E-state index contributed by atoms with van der Waals surface area (Å²) < 4.78 is 24.3. The van der Waals surface area contributed by atoms with Crippen molar-refractivity contribution in [3.63, 3.8) is 0 Å². The summed E-state index contributed by atoms with van der Waals surface area (Å²) in [5.41, 5.74) is 11.7. The topological polar surface area (TPSA) is 84.5 Å². The molecule has 0 aromatic heterocycles. The van der Waals surface area contributed by atoms with Gasteiger partial charge < -0.3 is 42.3 Å². The second-order valence-electron chi connectivity index (χ2n) is 15.0. The number of hydrogen-bond donors (Lipinski definition) is 0. The molecule has 9 nitrogen and oxygen atoms in total. The molecule has 0 spiro atoms. The van der Waals surface area contributed by atoms with E-state index in [0.717, 1.165) is 83.9 Å². The van der Waals surface area contributed by atoms with Crippen LogP contribution in [-0.2, 0) is 9.47 Å². The average Bonchev–Trinajstić information content (AvgIpc) is 3.23. The van der Waals surface area contributed by atoms with Crippen LogP contribution >= 0.6 is 0 Å². The van der Waals surface area contributed by atoms with Crippen LogP contribution in [0.5, 0.6) is 11.5 Å². The maximum atomic E-state index is 11.8. The Hall–Kier alpha value is -5.52.